The highest BCUT2D eigenvalue weighted by atomic mass is 16.7. The Balaban J connectivity index is 1.32. The molecule has 0 saturated carbocycles. The molecule has 7 nitrogen and oxygen atoms in total. The van der Waals surface area contributed by atoms with Crippen molar-refractivity contribution in [1.29, 1.82) is 0 Å². The molecule has 2 aromatic rings. The van der Waals surface area contributed by atoms with E-state index in [9.17, 15) is 9.59 Å². The predicted octanol–water partition coefficient (Wildman–Crippen LogP) is 2.16. The summed E-state index contributed by atoms with van der Waals surface area (Å²) in [5.41, 5.74) is 0.387. The maximum absolute atomic E-state index is 12.0. The molecule has 0 atom stereocenters. The fourth-order valence-electron chi connectivity index (χ4n) is 2.29. The standard InChI is InChI=1S/C19H19NO6/c21-18(24-10-4-9-23-15-5-2-1-3-6-15)12-20-19(22)14-7-8-16-17(11-14)26-13-25-16/h1-3,5-8,11H,4,9-10,12-13H2,(H,20,22). The maximum atomic E-state index is 12.0. The highest BCUT2D eigenvalue weighted by Crippen LogP contribution is 2.32. The van der Waals surface area contributed by atoms with Crippen LogP contribution in [0.5, 0.6) is 17.2 Å². The number of para-hydroxylation sites is 1. The SMILES string of the molecule is O=C(CNC(=O)c1ccc2c(c1)OCO2)OCCCOc1ccccc1. The van der Waals surface area contributed by atoms with Gasteiger partial charge in [0.15, 0.2) is 11.5 Å². The number of carbonyl (C=O) groups is 2. The summed E-state index contributed by atoms with van der Waals surface area (Å²) in [6, 6.07) is 14.2. The number of fused-ring (bicyclic) bond motifs is 1. The average Bonchev–Trinajstić information content (AvgIpc) is 3.14. The third-order valence-electron chi connectivity index (χ3n) is 3.59. The number of esters is 1. The number of rotatable bonds is 8. The fourth-order valence-corrected chi connectivity index (χ4v) is 2.29. The van der Waals surface area contributed by atoms with E-state index in [2.05, 4.69) is 5.32 Å². The molecule has 2 aromatic carbocycles. The Kier molecular flexibility index (Phi) is 5.92. The molecule has 3 rings (SSSR count). The van der Waals surface area contributed by atoms with Crippen molar-refractivity contribution >= 4 is 11.9 Å². The smallest absolute Gasteiger partial charge is 0.325 e. The van der Waals surface area contributed by atoms with Crippen molar-refractivity contribution in [2.45, 2.75) is 6.42 Å². The van der Waals surface area contributed by atoms with Crippen molar-refractivity contribution in [3.05, 3.63) is 54.1 Å². The monoisotopic (exact) mass is 357 g/mol. The van der Waals surface area contributed by atoms with Gasteiger partial charge in [0.05, 0.1) is 13.2 Å². The lowest BCUT2D eigenvalue weighted by atomic mass is 10.2. The molecule has 136 valence electrons. The summed E-state index contributed by atoms with van der Waals surface area (Å²) in [5.74, 6) is 0.999. The highest BCUT2D eigenvalue weighted by molar-refractivity contribution is 5.96. The zero-order chi connectivity index (χ0) is 18.2. The third kappa shape index (κ3) is 4.89. The number of amides is 1. The second kappa shape index (κ2) is 8.75. The Morgan fingerprint density at radius 1 is 1.00 bits per heavy atom. The van der Waals surface area contributed by atoms with Crippen molar-refractivity contribution in [2.75, 3.05) is 26.6 Å². The number of hydrogen-bond donors (Lipinski definition) is 1. The predicted molar refractivity (Wildman–Crippen MR) is 92.4 cm³/mol. The summed E-state index contributed by atoms with van der Waals surface area (Å²) in [7, 11) is 0. The quantitative estimate of drug-likeness (QED) is 0.576. The van der Waals surface area contributed by atoms with Crippen LogP contribution < -0.4 is 19.5 Å². The van der Waals surface area contributed by atoms with Gasteiger partial charge in [-0.2, -0.15) is 0 Å². The van der Waals surface area contributed by atoms with Gasteiger partial charge in [0.2, 0.25) is 6.79 Å². The minimum Gasteiger partial charge on any atom is -0.493 e. The van der Waals surface area contributed by atoms with E-state index >= 15 is 0 Å². The summed E-state index contributed by atoms with van der Waals surface area (Å²) in [6.45, 7) is 0.611. The van der Waals surface area contributed by atoms with Gasteiger partial charge in [-0.25, -0.2) is 0 Å². The van der Waals surface area contributed by atoms with Crippen LogP contribution in [0.4, 0.5) is 0 Å². The first-order valence-electron chi connectivity index (χ1n) is 8.24. The number of ether oxygens (including phenoxy) is 4. The molecular formula is C19H19NO6. The van der Waals surface area contributed by atoms with Gasteiger partial charge in [-0.15, -0.1) is 0 Å². The van der Waals surface area contributed by atoms with Gasteiger partial charge in [-0.3, -0.25) is 9.59 Å². The van der Waals surface area contributed by atoms with Crippen LogP contribution in [0.3, 0.4) is 0 Å². The molecule has 1 amide bonds. The van der Waals surface area contributed by atoms with Crippen LogP contribution in [-0.4, -0.2) is 38.4 Å². The lowest BCUT2D eigenvalue weighted by Crippen LogP contribution is -2.30. The molecule has 0 bridgehead atoms. The van der Waals surface area contributed by atoms with E-state index in [1.807, 2.05) is 30.3 Å². The Bertz CT molecular complexity index is 762. The van der Waals surface area contributed by atoms with Crippen LogP contribution in [0.15, 0.2) is 48.5 Å². The average molecular weight is 357 g/mol. The Hall–Kier alpha value is -3.22. The van der Waals surface area contributed by atoms with Crippen molar-refractivity contribution in [1.82, 2.24) is 5.32 Å². The van der Waals surface area contributed by atoms with Gasteiger partial charge < -0.3 is 24.3 Å². The van der Waals surface area contributed by atoms with Gasteiger partial charge >= 0.3 is 5.97 Å². The van der Waals surface area contributed by atoms with Crippen LogP contribution in [0.25, 0.3) is 0 Å². The van der Waals surface area contributed by atoms with Gasteiger partial charge in [-0.1, -0.05) is 18.2 Å². The molecular weight excluding hydrogens is 338 g/mol. The molecule has 1 aliphatic rings. The van der Waals surface area contributed by atoms with Crippen molar-refractivity contribution in [3.63, 3.8) is 0 Å². The van der Waals surface area contributed by atoms with E-state index in [1.54, 1.807) is 18.2 Å². The largest absolute Gasteiger partial charge is 0.493 e. The van der Waals surface area contributed by atoms with Gasteiger partial charge in [-0.05, 0) is 30.3 Å². The molecule has 7 heteroatoms. The molecule has 0 saturated heterocycles. The first-order valence-corrected chi connectivity index (χ1v) is 8.24. The van der Waals surface area contributed by atoms with Crippen LogP contribution in [0, 0.1) is 0 Å². The van der Waals surface area contributed by atoms with Crippen molar-refractivity contribution < 1.29 is 28.5 Å². The van der Waals surface area contributed by atoms with Crippen LogP contribution >= 0.6 is 0 Å². The zero-order valence-corrected chi connectivity index (χ0v) is 14.1. The van der Waals surface area contributed by atoms with Gasteiger partial charge in [0, 0.05) is 12.0 Å². The molecule has 0 spiro atoms. The molecule has 1 aliphatic heterocycles. The van der Waals surface area contributed by atoms with E-state index in [0.717, 1.165) is 5.75 Å². The molecule has 0 fully saturated rings. The molecule has 0 aliphatic carbocycles. The molecule has 0 unspecified atom stereocenters. The lowest BCUT2D eigenvalue weighted by molar-refractivity contribution is -0.142. The second-order valence-corrected chi connectivity index (χ2v) is 5.49. The summed E-state index contributed by atoms with van der Waals surface area (Å²) in [5, 5.41) is 2.52. The zero-order valence-electron chi connectivity index (χ0n) is 14.1. The molecule has 1 heterocycles. The number of carbonyl (C=O) groups excluding carboxylic acids is 2. The Morgan fingerprint density at radius 3 is 2.65 bits per heavy atom. The fraction of sp³-hybridized carbons (Fsp3) is 0.263. The van der Waals surface area contributed by atoms with E-state index < -0.39 is 5.97 Å². The van der Waals surface area contributed by atoms with E-state index in [1.165, 1.54) is 0 Å². The Labute approximate surface area is 150 Å². The molecule has 0 radical (unpaired) electrons. The number of nitrogens with one attached hydrogen (secondary N) is 1. The molecule has 1 N–H and O–H groups in total. The first-order chi connectivity index (χ1) is 12.7. The van der Waals surface area contributed by atoms with Crippen LogP contribution in [0.1, 0.15) is 16.8 Å². The van der Waals surface area contributed by atoms with Crippen molar-refractivity contribution in [3.8, 4) is 17.2 Å². The number of hydrogen-bond acceptors (Lipinski definition) is 6. The van der Waals surface area contributed by atoms with Crippen LogP contribution in [0.2, 0.25) is 0 Å². The van der Waals surface area contributed by atoms with Gasteiger partial charge in [0.1, 0.15) is 12.3 Å². The Morgan fingerprint density at radius 2 is 1.81 bits per heavy atom. The first kappa shape index (κ1) is 17.6. The highest BCUT2D eigenvalue weighted by Gasteiger charge is 2.16. The van der Waals surface area contributed by atoms with Crippen LogP contribution in [-0.2, 0) is 9.53 Å². The summed E-state index contributed by atoms with van der Waals surface area (Å²) < 4.78 is 21.0. The lowest BCUT2D eigenvalue weighted by Gasteiger charge is -2.08. The summed E-state index contributed by atoms with van der Waals surface area (Å²) >= 11 is 0. The van der Waals surface area contributed by atoms with E-state index in [4.69, 9.17) is 18.9 Å². The number of benzene rings is 2. The third-order valence-corrected chi connectivity index (χ3v) is 3.59. The molecule has 0 aromatic heterocycles. The second-order valence-electron chi connectivity index (χ2n) is 5.49. The summed E-state index contributed by atoms with van der Waals surface area (Å²) in [4.78, 5) is 23.7. The minimum atomic E-state index is -0.501. The van der Waals surface area contributed by atoms with Gasteiger partial charge in [0.25, 0.3) is 5.91 Å². The van der Waals surface area contributed by atoms with E-state index in [0.29, 0.717) is 30.1 Å². The topological polar surface area (TPSA) is 83.1 Å². The van der Waals surface area contributed by atoms with Crippen molar-refractivity contribution in [2.24, 2.45) is 0 Å². The minimum absolute atomic E-state index is 0.140. The normalized spacial score (nSPS) is 11.7. The van der Waals surface area contributed by atoms with E-state index in [-0.39, 0.29) is 25.9 Å². The summed E-state index contributed by atoms with van der Waals surface area (Å²) in [6.07, 6.45) is 0.566. The molecule has 26 heavy (non-hydrogen) atoms. The maximum Gasteiger partial charge on any atom is 0.325 e.